The zero-order valence-corrected chi connectivity index (χ0v) is 11.7. The number of benzene rings is 1. The second kappa shape index (κ2) is 5.05. The molecule has 108 valence electrons. The molecule has 2 atom stereocenters. The molecule has 0 aliphatic carbocycles. The van der Waals surface area contributed by atoms with Gasteiger partial charge in [-0.2, -0.15) is 5.10 Å². The molecule has 1 aliphatic heterocycles. The first-order chi connectivity index (χ1) is 10.1. The maximum absolute atomic E-state index is 12.3. The number of rotatable bonds is 2. The largest absolute Gasteiger partial charge is 0.468 e. The lowest BCUT2D eigenvalue weighted by atomic mass is 9.91. The van der Waals surface area contributed by atoms with Gasteiger partial charge < -0.3 is 10.1 Å². The van der Waals surface area contributed by atoms with Crippen molar-refractivity contribution in [1.29, 1.82) is 0 Å². The second-order valence-electron chi connectivity index (χ2n) is 4.96. The number of nitrogens with zero attached hydrogens (tertiary/aromatic N) is 2. The second-order valence-corrected chi connectivity index (χ2v) is 4.96. The van der Waals surface area contributed by atoms with Crippen LogP contribution in [0.3, 0.4) is 0 Å². The van der Waals surface area contributed by atoms with Crippen molar-refractivity contribution in [2.45, 2.75) is 13.0 Å². The number of hydrogen-bond donors (Lipinski definition) is 1. The van der Waals surface area contributed by atoms with E-state index < -0.39 is 17.9 Å². The SMILES string of the molecule is COC(=O)C1C(=O)Nc2cc(C)nn2C1c1ccccc1. The van der Waals surface area contributed by atoms with Crippen molar-refractivity contribution in [2.24, 2.45) is 5.92 Å². The number of methoxy groups -OCH3 is 1. The van der Waals surface area contributed by atoms with Gasteiger partial charge in [-0.15, -0.1) is 0 Å². The van der Waals surface area contributed by atoms with Gasteiger partial charge in [0.2, 0.25) is 5.91 Å². The van der Waals surface area contributed by atoms with E-state index in [9.17, 15) is 9.59 Å². The number of ether oxygens (including phenoxy) is 1. The molecule has 0 saturated carbocycles. The molecular weight excluding hydrogens is 270 g/mol. The standard InChI is InChI=1S/C15H15N3O3/c1-9-8-11-16-14(19)12(15(20)21-2)13(18(11)17-9)10-6-4-3-5-7-10/h3-8,12-13H,1-2H3,(H,16,19). The summed E-state index contributed by atoms with van der Waals surface area (Å²) in [7, 11) is 1.28. The number of anilines is 1. The number of amides is 1. The molecule has 21 heavy (non-hydrogen) atoms. The van der Waals surface area contributed by atoms with Crippen LogP contribution in [0.15, 0.2) is 36.4 Å². The third-order valence-electron chi connectivity index (χ3n) is 3.57. The number of nitrogens with one attached hydrogen (secondary N) is 1. The van der Waals surface area contributed by atoms with Gasteiger partial charge in [-0.1, -0.05) is 30.3 Å². The van der Waals surface area contributed by atoms with Crippen molar-refractivity contribution in [3.8, 4) is 0 Å². The summed E-state index contributed by atoms with van der Waals surface area (Å²) in [4.78, 5) is 24.4. The summed E-state index contributed by atoms with van der Waals surface area (Å²) in [5.74, 6) is -1.31. The topological polar surface area (TPSA) is 73.2 Å². The summed E-state index contributed by atoms with van der Waals surface area (Å²) in [6, 6.07) is 10.6. The van der Waals surface area contributed by atoms with Crippen LogP contribution in [0.1, 0.15) is 17.3 Å². The Bertz CT molecular complexity index is 693. The lowest BCUT2D eigenvalue weighted by Crippen LogP contribution is -2.43. The Labute approximate surface area is 121 Å². The van der Waals surface area contributed by atoms with Crippen LogP contribution >= 0.6 is 0 Å². The summed E-state index contributed by atoms with van der Waals surface area (Å²) < 4.78 is 6.47. The highest BCUT2D eigenvalue weighted by molar-refractivity contribution is 6.06. The van der Waals surface area contributed by atoms with E-state index in [1.807, 2.05) is 37.3 Å². The van der Waals surface area contributed by atoms with E-state index in [2.05, 4.69) is 10.4 Å². The molecule has 0 fully saturated rings. The van der Waals surface area contributed by atoms with Crippen LogP contribution in [0, 0.1) is 12.8 Å². The van der Waals surface area contributed by atoms with Crippen LogP contribution in [0.4, 0.5) is 5.82 Å². The molecule has 0 radical (unpaired) electrons. The molecule has 1 N–H and O–H groups in total. The van der Waals surface area contributed by atoms with Gasteiger partial charge in [0.25, 0.3) is 0 Å². The third kappa shape index (κ3) is 2.18. The average Bonchev–Trinajstić information content (AvgIpc) is 2.85. The van der Waals surface area contributed by atoms with Crippen molar-refractivity contribution < 1.29 is 14.3 Å². The fourth-order valence-electron chi connectivity index (χ4n) is 2.66. The van der Waals surface area contributed by atoms with Gasteiger partial charge in [0.15, 0.2) is 5.92 Å². The van der Waals surface area contributed by atoms with Crippen LogP contribution in [-0.4, -0.2) is 28.8 Å². The number of aromatic nitrogens is 2. The van der Waals surface area contributed by atoms with E-state index >= 15 is 0 Å². The molecule has 0 bridgehead atoms. The van der Waals surface area contributed by atoms with Gasteiger partial charge >= 0.3 is 5.97 Å². The molecule has 1 aromatic carbocycles. The van der Waals surface area contributed by atoms with E-state index in [1.54, 1.807) is 10.7 Å². The number of esters is 1. The van der Waals surface area contributed by atoms with E-state index in [1.165, 1.54) is 7.11 Å². The molecule has 6 heteroatoms. The normalized spacial score (nSPS) is 20.6. The minimum absolute atomic E-state index is 0.372. The Morgan fingerprint density at radius 3 is 2.71 bits per heavy atom. The number of hydrogen-bond acceptors (Lipinski definition) is 4. The first-order valence-corrected chi connectivity index (χ1v) is 6.61. The molecule has 1 aromatic heterocycles. The minimum Gasteiger partial charge on any atom is -0.468 e. The van der Waals surface area contributed by atoms with Gasteiger partial charge in [0.05, 0.1) is 12.8 Å². The highest BCUT2D eigenvalue weighted by Crippen LogP contribution is 2.35. The monoisotopic (exact) mass is 285 g/mol. The molecule has 3 rings (SSSR count). The zero-order valence-electron chi connectivity index (χ0n) is 11.7. The number of carbonyl (C=O) groups is 2. The molecule has 6 nitrogen and oxygen atoms in total. The number of aryl methyl sites for hydroxylation is 1. The molecule has 1 amide bonds. The molecule has 2 unspecified atom stereocenters. The molecule has 1 aliphatic rings. The summed E-state index contributed by atoms with van der Waals surface area (Å²) in [6.07, 6.45) is 0. The third-order valence-corrected chi connectivity index (χ3v) is 3.57. The first kappa shape index (κ1) is 13.4. The maximum atomic E-state index is 12.3. The van der Waals surface area contributed by atoms with Crippen molar-refractivity contribution in [1.82, 2.24) is 9.78 Å². The van der Waals surface area contributed by atoms with Crippen molar-refractivity contribution >= 4 is 17.7 Å². The van der Waals surface area contributed by atoms with Crippen LogP contribution in [0.25, 0.3) is 0 Å². The average molecular weight is 285 g/mol. The van der Waals surface area contributed by atoms with Gasteiger partial charge in [-0.25, -0.2) is 4.68 Å². The summed E-state index contributed by atoms with van der Waals surface area (Å²) in [6.45, 7) is 1.84. The quantitative estimate of drug-likeness (QED) is 0.670. The van der Waals surface area contributed by atoms with Crippen molar-refractivity contribution in [3.05, 3.63) is 47.7 Å². The number of carbonyl (C=O) groups excluding carboxylic acids is 2. The van der Waals surface area contributed by atoms with Gasteiger partial charge in [0, 0.05) is 6.07 Å². The van der Waals surface area contributed by atoms with E-state index in [0.717, 1.165) is 11.3 Å². The van der Waals surface area contributed by atoms with Gasteiger partial charge in [-0.3, -0.25) is 9.59 Å². The number of fused-ring (bicyclic) bond motifs is 1. The van der Waals surface area contributed by atoms with Crippen LogP contribution in [0.2, 0.25) is 0 Å². The summed E-state index contributed by atoms with van der Waals surface area (Å²) in [5, 5.41) is 7.11. The van der Waals surface area contributed by atoms with Crippen molar-refractivity contribution in [2.75, 3.05) is 12.4 Å². The van der Waals surface area contributed by atoms with E-state index in [4.69, 9.17) is 4.74 Å². The van der Waals surface area contributed by atoms with Gasteiger partial charge in [0.1, 0.15) is 11.9 Å². The fourth-order valence-corrected chi connectivity index (χ4v) is 2.66. The summed E-state index contributed by atoms with van der Waals surface area (Å²) in [5.41, 5.74) is 1.61. The highest BCUT2D eigenvalue weighted by atomic mass is 16.5. The van der Waals surface area contributed by atoms with E-state index in [-0.39, 0.29) is 5.91 Å². The molecule has 2 aromatic rings. The Balaban J connectivity index is 2.17. The van der Waals surface area contributed by atoms with Crippen molar-refractivity contribution in [3.63, 3.8) is 0 Å². The van der Waals surface area contributed by atoms with Gasteiger partial charge in [-0.05, 0) is 12.5 Å². The Morgan fingerprint density at radius 2 is 2.05 bits per heavy atom. The van der Waals surface area contributed by atoms with Crippen LogP contribution < -0.4 is 5.32 Å². The molecule has 0 saturated heterocycles. The Kier molecular flexibility index (Phi) is 3.21. The smallest absolute Gasteiger partial charge is 0.320 e. The zero-order chi connectivity index (χ0) is 15.0. The molecule has 2 heterocycles. The fraction of sp³-hybridized carbons (Fsp3) is 0.267. The predicted molar refractivity (Wildman–Crippen MR) is 75.7 cm³/mol. The highest BCUT2D eigenvalue weighted by Gasteiger charge is 2.43. The minimum atomic E-state index is -0.954. The lowest BCUT2D eigenvalue weighted by molar-refractivity contribution is -0.150. The summed E-state index contributed by atoms with van der Waals surface area (Å²) >= 11 is 0. The maximum Gasteiger partial charge on any atom is 0.320 e. The first-order valence-electron chi connectivity index (χ1n) is 6.61. The lowest BCUT2D eigenvalue weighted by Gasteiger charge is -2.30. The molecular formula is C15H15N3O3. The van der Waals surface area contributed by atoms with Crippen LogP contribution in [-0.2, 0) is 14.3 Å². The van der Waals surface area contributed by atoms with Crippen LogP contribution in [0.5, 0.6) is 0 Å². The van der Waals surface area contributed by atoms with E-state index in [0.29, 0.717) is 5.82 Å². The predicted octanol–water partition coefficient (Wildman–Crippen LogP) is 1.52. The molecule has 0 spiro atoms. The Morgan fingerprint density at radius 1 is 1.33 bits per heavy atom. The Hall–Kier alpha value is -2.63.